The fourth-order valence-corrected chi connectivity index (χ4v) is 3.11. The Morgan fingerprint density at radius 3 is 2.48 bits per heavy atom. The second-order valence-electron chi connectivity index (χ2n) is 6.28. The molecule has 2 unspecified atom stereocenters. The van der Waals surface area contributed by atoms with Gasteiger partial charge in [0.15, 0.2) is 0 Å². The number of thiophene rings is 1. The smallest absolute Gasteiger partial charge is 0.0900 e. The topological polar surface area (TPSA) is 32.7 Å². The van der Waals surface area contributed by atoms with Crippen molar-refractivity contribution in [3.05, 3.63) is 21.9 Å². The van der Waals surface area contributed by atoms with E-state index < -0.39 is 6.10 Å². The lowest BCUT2D eigenvalue weighted by molar-refractivity contribution is 0.000316. The van der Waals surface area contributed by atoms with Crippen molar-refractivity contribution in [2.75, 3.05) is 19.8 Å². The predicted molar refractivity (Wildman–Crippen MR) is 90.9 cm³/mol. The molecule has 1 heterocycles. The van der Waals surface area contributed by atoms with Gasteiger partial charge >= 0.3 is 0 Å². The van der Waals surface area contributed by atoms with Crippen molar-refractivity contribution in [2.24, 2.45) is 5.92 Å². The van der Waals surface area contributed by atoms with Crippen molar-refractivity contribution in [3.8, 4) is 0 Å². The van der Waals surface area contributed by atoms with Gasteiger partial charge < -0.3 is 9.84 Å². The molecule has 21 heavy (non-hydrogen) atoms. The lowest BCUT2D eigenvalue weighted by Crippen LogP contribution is -2.39. The summed E-state index contributed by atoms with van der Waals surface area (Å²) >= 11 is 1.84. The number of hydrogen-bond acceptors (Lipinski definition) is 4. The van der Waals surface area contributed by atoms with Crippen LogP contribution in [0.5, 0.6) is 0 Å². The van der Waals surface area contributed by atoms with Crippen molar-refractivity contribution >= 4 is 11.3 Å². The molecule has 0 fully saturated rings. The van der Waals surface area contributed by atoms with Crippen LogP contribution in [-0.2, 0) is 11.3 Å². The van der Waals surface area contributed by atoms with Crippen LogP contribution in [0.15, 0.2) is 12.1 Å². The molecule has 0 spiro atoms. The van der Waals surface area contributed by atoms with Crippen molar-refractivity contribution in [1.82, 2.24) is 4.90 Å². The molecule has 0 aliphatic carbocycles. The third-order valence-corrected chi connectivity index (χ3v) is 4.56. The zero-order valence-electron chi connectivity index (χ0n) is 14.1. The molecule has 0 saturated heterocycles. The lowest BCUT2D eigenvalue weighted by atomic mass is 10.2. The summed E-state index contributed by atoms with van der Waals surface area (Å²) in [4.78, 5) is 5.06. The van der Waals surface area contributed by atoms with Gasteiger partial charge in [0.1, 0.15) is 0 Å². The maximum absolute atomic E-state index is 10.2. The van der Waals surface area contributed by atoms with Gasteiger partial charge in [-0.25, -0.2) is 0 Å². The van der Waals surface area contributed by atoms with Gasteiger partial charge in [-0.15, -0.1) is 11.3 Å². The molecule has 4 heteroatoms. The first kappa shape index (κ1) is 18.6. The Bertz CT molecular complexity index is 392. The minimum Gasteiger partial charge on any atom is -0.389 e. The molecular weight excluding hydrogens is 282 g/mol. The highest BCUT2D eigenvalue weighted by molar-refractivity contribution is 7.11. The van der Waals surface area contributed by atoms with Crippen molar-refractivity contribution in [1.29, 1.82) is 0 Å². The van der Waals surface area contributed by atoms with Crippen LogP contribution >= 0.6 is 11.3 Å². The average Bonchev–Trinajstić information content (AvgIpc) is 2.82. The normalized spacial score (nSPS) is 14.9. The van der Waals surface area contributed by atoms with E-state index in [4.69, 9.17) is 4.74 Å². The lowest BCUT2D eigenvalue weighted by Gasteiger charge is -2.30. The standard InChI is InChI=1S/C17H31NO2S/c1-6-14(4)18(10-17-8-7-15(5)21-17)9-16(19)12-20-11-13(2)3/h7-8,13-14,16,19H,6,9-12H2,1-5H3. The SMILES string of the molecule is CCC(C)N(Cc1ccc(C)s1)CC(O)COCC(C)C. The fourth-order valence-electron chi connectivity index (χ4n) is 2.19. The van der Waals surface area contributed by atoms with Crippen LogP contribution in [0.3, 0.4) is 0 Å². The quantitative estimate of drug-likeness (QED) is 0.715. The molecule has 0 bridgehead atoms. The highest BCUT2D eigenvalue weighted by Crippen LogP contribution is 2.19. The van der Waals surface area contributed by atoms with Crippen molar-refractivity contribution < 1.29 is 9.84 Å². The summed E-state index contributed by atoms with van der Waals surface area (Å²) in [7, 11) is 0. The number of aliphatic hydroxyl groups is 1. The molecular formula is C17H31NO2S. The maximum Gasteiger partial charge on any atom is 0.0900 e. The minimum atomic E-state index is -0.418. The first-order valence-corrected chi connectivity index (χ1v) is 8.79. The van der Waals surface area contributed by atoms with Gasteiger partial charge in [0.05, 0.1) is 12.7 Å². The summed E-state index contributed by atoms with van der Waals surface area (Å²) in [6.07, 6.45) is 0.669. The Morgan fingerprint density at radius 1 is 1.24 bits per heavy atom. The van der Waals surface area contributed by atoms with E-state index in [1.807, 2.05) is 11.3 Å². The summed E-state index contributed by atoms with van der Waals surface area (Å²) in [5.41, 5.74) is 0. The summed E-state index contributed by atoms with van der Waals surface area (Å²) in [6.45, 7) is 13.5. The highest BCUT2D eigenvalue weighted by atomic mass is 32.1. The summed E-state index contributed by atoms with van der Waals surface area (Å²) in [6, 6.07) is 4.82. The molecule has 3 nitrogen and oxygen atoms in total. The largest absolute Gasteiger partial charge is 0.389 e. The second-order valence-corrected chi connectivity index (χ2v) is 7.66. The van der Waals surface area contributed by atoms with Crippen LogP contribution < -0.4 is 0 Å². The van der Waals surface area contributed by atoms with Gasteiger partial charge in [0.25, 0.3) is 0 Å². The van der Waals surface area contributed by atoms with E-state index in [1.54, 1.807) is 0 Å². The zero-order valence-corrected chi connectivity index (χ0v) is 14.9. The number of nitrogens with zero attached hydrogens (tertiary/aromatic N) is 1. The number of aliphatic hydroxyl groups excluding tert-OH is 1. The summed E-state index contributed by atoms with van der Waals surface area (Å²) in [5, 5.41) is 10.2. The Morgan fingerprint density at radius 2 is 1.95 bits per heavy atom. The molecule has 0 aromatic carbocycles. The van der Waals surface area contributed by atoms with Gasteiger partial charge in [-0.05, 0) is 38.3 Å². The summed E-state index contributed by atoms with van der Waals surface area (Å²) in [5.74, 6) is 0.511. The molecule has 2 atom stereocenters. The van der Waals surface area contributed by atoms with E-state index in [0.29, 0.717) is 31.7 Å². The average molecular weight is 314 g/mol. The van der Waals surface area contributed by atoms with Gasteiger partial charge in [-0.1, -0.05) is 20.8 Å². The van der Waals surface area contributed by atoms with Gasteiger partial charge in [0, 0.05) is 35.5 Å². The fraction of sp³-hybridized carbons (Fsp3) is 0.765. The first-order valence-electron chi connectivity index (χ1n) is 7.97. The Kier molecular flexibility index (Phi) is 8.49. The van der Waals surface area contributed by atoms with Crippen LogP contribution in [0.2, 0.25) is 0 Å². The first-order chi connectivity index (χ1) is 9.92. The number of rotatable bonds is 10. The Hall–Kier alpha value is -0.420. The second kappa shape index (κ2) is 9.57. The molecule has 0 saturated carbocycles. The summed E-state index contributed by atoms with van der Waals surface area (Å²) < 4.78 is 5.55. The van der Waals surface area contributed by atoms with E-state index in [9.17, 15) is 5.11 Å². The molecule has 1 aromatic rings. The van der Waals surface area contributed by atoms with Gasteiger partial charge in [-0.2, -0.15) is 0 Å². The van der Waals surface area contributed by atoms with Crippen LogP contribution in [0.1, 0.15) is 43.9 Å². The third kappa shape index (κ3) is 7.41. The third-order valence-electron chi connectivity index (χ3n) is 3.58. The number of aryl methyl sites for hydroxylation is 1. The van der Waals surface area contributed by atoms with Gasteiger partial charge in [-0.3, -0.25) is 4.90 Å². The molecule has 122 valence electrons. The van der Waals surface area contributed by atoms with Crippen molar-refractivity contribution in [3.63, 3.8) is 0 Å². The van der Waals surface area contributed by atoms with E-state index in [-0.39, 0.29) is 0 Å². The monoisotopic (exact) mass is 313 g/mol. The number of hydrogen-bond donors (Lipinski definition) is 1. The Labute approximate surface area is 133 Å². The zero-order chi connectivity index (χ0) is 15.8. The molecule has 0 aliphatic rings. The van der Waals surface area contributed by atoms with E-state index in [2.05, 4.69) is 51.7 Å². The van der Waals surface area contributed by atoms with E-state index in [1.165, 1.54) is 9.75 Å². The van der Waals surface area contributed by atoms with Crippen LogP contribution in [0, 0.1) is 12.8 Å². The van der Waals surface area contributed by atoms with Crippen molar-refractivity contribution in [2.45, 2.75) is 59.7 Å². The molecule has 1 aromatic heterocycles. The Balaban J connectivity index is 2.49. The molecule has 0 radical (unpaired) electrons. The predicted octanol–water partition coefficient (Wildman–Crippen LogP) is 3.69. The molecule has 0 aliphatic heterocycles. The van der Waals surface area contributed by atoms with E-state index in [0.717, 1.165) is 13.0 Å². The van der Waals surface area contributed by atoms with Crippen LogP contribution in [0.25, 0.3) is 0 Å². The number of ether oxygens (including phenoxy) is 1. The molecule has 1 rings (SSSR count). The van der Waals surface area contributed by atoms with Crippen LogP contribution in [0.4, 0.5) is 0 Å². The van der Waals surface area contributed by atoms with Gasteiger partial charge in [0.2, 0.25) is 0 Å². The highest BCUT2D eigenvalue weighted by Gasteiger charge is 2.18. The van der Waals surface area contributed by atoms with Crippen LogP contribution in [-0.4, -0.2) is 41.9 Å². The minimum absolute atomic E-state index is 0.418. The van der Waals surface area contributed by atoms with E-state index >= 15 is 0 Å². The molecule has 0 amide bonds. The molecule has 1 N–H and O–H groups in total. The maximum atomic E-state index is 10.2.